The molecule has 3 aromatic rings. The SMILES string of the molecule is CC.COC(=O)c1c(C)[nH]c2c1C13CC1CN(C(=O)c1cc4cc(OC)c(OC)c(OC)c4[nH]1)C3=CC2=O. The first-order chi connectivity index (χ1) is 18.3. The Labute approximate surface area is 219 Å². The number of carbonyl (C=O) groups is 3. The fourth-order valence-corrected chi connectivity index (χ4v) is 6.07. The minimum Gasteiger partial charge on any atom is -0.493 e. The molecule has 1 spiro atoms. The number of aromatic nitrogens is 2. The number of piperidine rings is 1. The molecule has 2 fully saturated rings. The van der Waals surface area contributed by atoms with Gasteiger partial charge in [-0.05, 0) is 31.4 Å². The van der Waals surface area contributed by atoms with Crippen LogP contribution < -0.4 is 14.2 Å². The number of methoxy groups -OCH3 is 4. The van der Waals surface area contributed by atoms with Crippen LogP contribution in [0.5, 0.6) is 17.2 Å². The molecule has 2 N–H and O–H groups in total. The monoisotopic (exact) mass is 521 g/mol. The number of nitrogens with one attached hydrogen (secondary N) is 2. The maximum Gasteiger partial charge on any atom is 0.340 e. The van der Waals surface area contributed by atoms with Crippen molar-refractivity contribution in [1.82, 2.24) is 14.9 Å². The molecule has 1 amide bonds. The van der Waals surface area contributed by atoms with E-state index in [2.05, 4.69) is 9.97 Å². The van der Waals surface area contributed by atoms with Gasteiger partial charge in [-0.25, -0.2) is 4.79 Å². The molecule has 1 saturated heterocycles. The van der Waals surface area contributed by atoms with Crippen molar-refractivity contribution in [3.63, 3.8) is 0 Å². The summed E-state index contributed by atoms with van der Waals surface area (Å²) in [6, 6.07) is 3.50. The van der Waals surface area contributed by atoms with Crippen LogP contribution >= 0.6 is 0 Å². The zero-order valence-corrected chi connectivity index (χ0v) is 22.5. The number of hydrogen-bond donors (Lipinski definition) is 2. The van der Waals surface area contributed by atoms with Crippen molar-refractivity contribution in [2.75, 3.05) is 35.0 Å². The highest BCUT2D eigenvalue weighted by Crippen LogP contribution is 2.67. The lowest BCUT2D eigenvalue weighted by Crippen LogP contribution is -2.34. The molecule has 10 heteroatoms. The first-order valence-corrected chi connectivity index (χ1v) is 12.5. The molecule has 0 bridgehead atoms. The van der Waals surface area contributed by atoms with E-state index in [1.807, 2.05) is 13.8 Å². The molecule has 1 saturated carbocycles. The van der Waals surface area contributed by atoms with Crippen LogP contribution in [0.1, 0.15) is 62.9 Å². The van der Waals surface area contributed by atoms with Gasteiger partial charge < -0.3 is 33.8 Å². The Morgan fingerprint density at radius 1 is 1.03 bits per heavy atom. The molecule has 1 aliphatic heterocycles. The van der Waals surface area contributed by atoms with Gasteiger partial charge in [-0.3, -0.25) is 9.59 Å². The van der Waals surface area contributed by atoms with E-state index >= 15 is 0 Å². The lowest BCUT2D eigenvalue weighted by atomic mass is 9.82. The van der Waals surface area contributed by atoms with Gasteiger partial charge in [0, 0.05) is 40.4 Å². The molecule has 2 aromatic heterocycles. The fourth-order valence-electron chi connectivity index (χ4n) is 6.07. The van der Waals surface area contributed by atoms with Crippen LogP contribution in [0.4, 0.5) is 0 Å². The molecule has 200 valence electrons. The zero-order valence-electron chi connectivity index (χ0n) is 22.5. The summed E-state index contributed by atoms with van der Waals surface area (Å²) in [5, 5.41) is 0.720. The molecule has 6 rings (SSSR count). The zero-order chi connectivity index (χ0) is 27.5. The normalized spacial score (nSPS) is 20.5. The molecule has 2 unspecified atom stereocenters. The molecule has 1 aromatic carbocycles. The Balaban J connectivity index is 0.00000144. The summed E-state index contributed by atoms with van der Waals surface area (Å²) in [5.74, 6) is 0.406. The van der Waals surface area contributed by atoms with E-state index in [4.69, 9.17) is 18.9 Å². The van der Waals surface area contributed by atoms with Crippen LogP contribution in [0.15, 0.2) is 23.9 Å². The number of ether oxygens (including phenoxy) is 4. The molecular weight excluding hydrogens is 490 g/mol. The molecule has 38 heavy (non-hydrogen) atoms. The second kappa shape index (κ2) is 8.97. The van der Waals surface area contributed by atoms with Gasteiger partial charge in [-0.1, -0.05) is 13.8 Å². The number of carbonyl (C=O) groups excluding carboxylic acids is 3. The van der Waals surface area contributed by atoms with E-state index in [1.54, 1.807) is 24.0 Å². The number of allylic oxidation sites excluding steroid dienone is 2. The van der Waals surface area contributed by atoms with Gasteiger partial charge in [0.2, 0.25) is 11.5 Å². The Morgan fingerprint density at radius 3 is 2.37 bits per heavy atom. The van der Waals surface area contributed by atoms with E-state index in [0.717, 1.165) is 11.8 Å². The summed E-state index contributed by atoms with van der Waals surface area (Å²) in [6.45, 7) is 6.20. The second-order valence-corrected chi connectivity index (χ2v) is 9.34. The molecule has 10 nitrogen and oxygen atoms in total. The van der Waals surface area contributed by atoms with Gasteiger partial charge in [0.05, 0.1) is 45.2 Å². The maximum absolute atomic E-state index is 13.8. The van der Waals surface area contributed by atoms with Gasteiger partial charge >= 0.3 is 5.97 Å². The Hall–Kier alpha value is -4.21. The quantitative estimate of drug-likeness (QED) is 0.484. The third-order valence-corrected chi connectivity index (χ3v) is 7.69. The summed E-state index contributed by atoms with van der Waals surface area (Å²) >= 11 is 0. The van der Waals surface area contributed by atoms with Gasteiger partial charge in [0.1, 0.15) is 5.69 Å². The maximum atomic E-state index is 13.8. The molecule has 0 radical (unpaired) electrons. The summed E-state index contributed by atoms with van der Waals surface area (Å²) in [7, 11) is 5.89. The molecule has 3 aliphatic rings. The molecule has 2 atom stereocenters. The lowest BCUT2D eigenvalue weighted by molar-refractivity contribution is 0.0598. The predicted molar refractivity (Wildman–Crippen MR) is 139 cm³/mol. The van der Waals surface area contributed by atoms with Crippen molar-refractivity contribution in [1.29, 1.82) is 0 Å². The van der Waals surface area contributed by atoms with E-state index in [0.29, 0.717) is 63.2 Å². The number of fused-ring (bicyclic) bond motifs is 2. The Bertz CT molecular complexity index is 1530. The average Bonchev–Trinajstić information content (AvgIpc) is 3.20. The third-order valence-electron chi connectivity index (χ3n) is 7.69. The smallest absolute Gasteiger partial charge is 0.340 e. The average molecular weight is 522 g/mol. The largest absolute Gasteiger partial charge is 0.493 e. The predicted octanol–water partition coefficient (Wildman–Crippen LogP) is 4.14. The summed E-state index contributed by atoms with van der Waals surface area (Å²) in [4.78, 5) is 47.4. The Kier molecular flexibility index (Phi) is 6.00. The standard InChI is InChI=1S/C26H25N3O7.C2H6/c1-11-18(25(32)36-5)19-21(27-11)15(30)8-17-26(19)9-13(26)10-29(17)24(31)14-6-12-7-16(33-2)22(34-3)23(35-4)20(12)28-14;1-2/h6-8,13,27-28H,9-10H2,1-5H3;1-2H3. The van der Waals surface area contributed by atoms with E-state index < -0.39 is 11.4 Å². The number of hydrogen-bond acceptors (Lipinski definition) is 7. The second-order valence-electron chi connectivity index (χ2n) is 9.34. The molecular formula is C28H31N3O7. The number of amides is 1. The number of rotatable bonds is 5. The number of likely N-dealkylation sites (tertiary alicyclic amines) is 1. The number of esters is 1. The van der Waals surface area contributed by atoms with Crippen LogP contribution in [0.2, 0.25) is 0 Å². The number of aromatic amines is 2. The van der Waals surface area contributed by atoms with Gasteiger partial charge in [-0.2, -0.15) is 0 Å². The summed E-state index contributed by atoms with van der Waals surface area (Å²) < 4.78 is 21.5. The lowest BCUT2D eigenvalue weighted by Gasteiger charge is -2.28. The van der Waals surface area contributed by atoms with Crippen LogP contribution in [0, 0.1) is 12.8 Å². The van der Waals surface area contributed by atoms with E-state index in [9.17, 15) is 14.4 Å². The van der Waals surface area contributed by atoms with Crippen molar-refractivity contribution in [3.8, 4) is 17.2 Å². The van der Waals surface area contributed by atoms with E-state index in [-0.39, 0.29) is 17.6 Å². The van der Waals surface area contributed by atoms with Gasteiger partial charge in [0.15, 0.2) is 11.5 Å². The van der Waals surface area contributed by atoms with Crippen LogP contribution in [0.3, 0.4) is 0 Å². The first-order valence-electron chi connectivity index (χ1n) is 12.5. The number of nitrogens with zero attached hydrogens (tertiary/aromatic N) is 1. The minimum absolute atomic E-state index is 0.109. The highest BCUT2D eigenvalue weighted by atomic mass is 16.5. The number of aryl methyl sites for hydroxylation is 1. The van der Waals surface area contributed by atoms with Crippen LogP contribution in [0.25, 0.3) is 10.9 Å². The topological polar surface area (TPSA) is 123 Å². The van der Waals surface area contributed by atoms with Crippen molar-refractivity contribution in [3.05, 3.63) is 52.1 Å². The summed E-state index contributed by atoms with van der Waals surface area (Å²) in [5.41, 5.74) is 3.05. The van der Waals surface area contributed by atoms with Crippen molar-refractivity contribution >= 4 is 28.6 Å². The number of benzene rings is 1. The number of H-pyrrole nitrogens is 2. The highest BCUT2D eigenvalue weighted by Gasteiger charge is 2.69. The highest BCUT2D eigenvalue weighted by molar-refractivity contribution is 6.12. The third kappa shape index (κ3) is 3.22. The number of ketones is 1. The summed E-state index contributed by atoms with van der Waals surface area (Å²) in [6.07, 6.45) is 2.29. The molecule has 3 heterocycles. The van der Waals surface area contributed by atoms with Crippen LogP contribution in [-0.2, 0) is 10.2 Å². The Morgan fingerprint density at radius 2 is 1.74 bits per heavy atom. The first kappa shape index (κ1) is 25.4. The fraction of sp³-hybridized carbons (Fsp3) is 0.393. The molecule has 2 aliphatic carbocycles. The van der Waals surface area contributed by atoms with Crippen molar-refractivity contribution in [2.45, 2.75) is 32.6 Å². The van der Waals surface area contributed by atoms with Crippen molar-refractivity contribution in [2.24, 2.45) is 5.92 Å². The minimum atomic E-state index is -0.552. The van der Waals surface area contributed by atoms with E-state index in [1.165, 1.54) is 34.5 Å². The van der Waals surface area contributed by atoms with Crippen molar-refractivity contribution < 1.29 is 33.3 Å². The van der Waals surface area contributed by atoms with Gasteiger partial charge in [0.25, 0.3) is 5.91 Å². The van der Waals surface area contributed by atoms with Crippen LogP contribution in [-0.4, -0.2) is 67.5 Å². The van der Waals surface area contributed by atoms with Gasteiger partial charge in [-0.15, -0.1) is 0 Å².